The Morgan fingerprint density at radius 2 is 1.82 bits per heavy atom. The van der Waals surface area contributed by atoms with Crippen molar-refractivity contribution < 1.29 is 9.53 Å². The number of allylic oxidation sites excluding steroid dienone is 1. The monoisotopic (exact) mass is 472 g/mol. The van der Waals surface area contributed by atoms with Gasteiger partial charge >= 0.3 is 5.97 Å². The second-order valence-corrected chi connectivity index (χ2v) is 10.3. The van der Waals surface area contributed by atoms with E-state index < -0.39 is 12.0 Å². The van der Waals surface area contributed by atoms with Crippen molar-refractivity contribution in [2.75, 3.05) is 6.61 Å². The molecule has 0 fully saturated rings. The van der Waals surface area contributed by atoms with Gasteiger partial charge in [0.15, 0.2) is 4.80 Å². The molecule has 0 saturated carbocycles. The summed E-state index contributed by atoms with van der Waals surface area (Å²) in [5.74, 6) is -0.498. The van der Waals surface area contributed by atoms with Crippen LogP contribution in [0.25, 0.3) is 6.08 Å². The second-order valence-electron chi connectivity index (χ2n) is 9.25. The van der Waals surface area contributed by atoms with Gasteiger partial charge in [0.05, 0.1) is 21.8 Å². The molecule has 0 saturated heterocycles. The Bertz CT molecular complexity index is 1440. The molecule has 1 atom stereocenters. The number of esters is 1. The molecule has 0 aliphatic carbocycles. The number of thiazole rings is 1. The van der Waals surface area contributed by atoms with Crippen LogP contribution in [-0.4, -0.2) is 17.1 Å². The summed E-state index contributed by atoms with van der Waals surface area (Å²) in [7, 11) is 0. The standard InChI is InChI=1S/C28H28N2O3S/c1-6-16-33-26(32)23-18(2)29-27-30(24(23)20-10-8-7-9-11-20)25(31)22(34-27)17-19-12-14-21(15-13-19)28(3,4)5/h6-15,17,24H,1,16H2,2-5H3/b22-17-. The number of aromatic nitrogens is 1. The van der Waals surface area contributed by atoms with Crippen molar-refractivity contribution in [3.63, 3.8) is 0 Å². The zero-order chi connectivity index (χ0) is 24.5. The number of carbonyl (C=O) groups excluding carboxylic acids is 1. The minimum Gasteiger partial charge on any atom is -0.458 e. The highest BCUT2D eigenvalue weighted by Crippen LogP contribution is 2.30. The molecule has 1 unspecified atom stereocenters. The quantitative estimate of drug-likeness (QED) is 0.412. The molecule has 34 heavy (non-hydrogen) atoms. The molecule has 6 heteroatoms. The third kappa shape index (κ3) is 4.59. The van der Waals surface area contributed by atoms with E-state index in [0.717, 1.165) is 11.1 Å². The van der Waals surface area contributed by atoms with E-state index >= 15 is 0 Å². The van der Waals surface area contributed by atoms with Gasteiger partial charge in [-0.1, -0.05) is 99.4 Å². The van der Waals surface area contributed by atoms with Gasteiger partial charge in [0.2, 0.25) is 0 Å². The lowest BCUT2D eigenvalue weighted by Gasteiger charge is -2.24. The van der Waals surface area contributed by atoms with Crippen LogP contribution in [-0.2, 0) is 14.9 Å². The van der Waals surface area contributed by atoms with E-state index in [9.17, 15) is 9.59 Å². The molecule has 0 amide bonds. The lowest BCUT2D eigenvalue weighted by molar-refractivity contribution is -0.138. The number of hydrogen-bond acceptors (Lipinski definition) is 5. The molecule has 5 nitrogen and oxygen atoms in total. The van der Waals surface area contributed by atoms with Crippen LogP contribution in [0.5, 0.6) is 0 Å². The Morgan fingerprint density at radius 3 is 2.44 bits per heavy atom. The lowest BCUT2D eigenvalue weighted by Crippen LogP contribution is -2.39. The van der Waals surface area contributed by atoms with E-state index in [-0.39, 0.29) is 17.6 Å². The minimum absolute atomic E-state index is 0.0572. The topological polar surface area (TPSA) is 60.7 Å². The molecule has 0 spiro atoms. The van der Waals surface area contributed by atoms with Crippen molar-refractivity contribution in [2.45, 2.75) is 39.2 Å². The average Bonchev–Trinajstić information content (AvgIpc) is 3.11. The highest BCUT2D eigenvalue weighted by atomic mass is 32.1. The Kier molecular flexibility index (Phi) is 6.53. The van der Waals surface area contributed by atoms with Gasteiger partial charge < -0.3 is 4.74 Å². The van der Waals surface area contributed by atoms with Gasteiger partial charge in [-0.2, -0.15) is 0 Å². The molecule has 1 aliphatic heterocycles. The molecular formula is C28H28N2O3S. The van der Waals surface area contributed by atoms with Crippen LogP contribution in [0.1, 0.15) is 50.4 Å². The van der Waals surface area contributed by atoms with Crippen LogP contribution in [0, 0.1) is 0 Å². The van der Waals surface area contributed by atoms with Gasteiger partial charge in [0.1, 0.15) is 6.61 Å². The molecule has 2 heterocycles. The first kappa shape index (κ1) is 23.6. The maximum absolute atomic E-state index is 13.6. The number of ether oxygens (including phenoxy) is 1. The molecule has 174 valence electrons. The Morgan fingerprint density at radius 1 is 1.15 bits per heavy atom. The number of rotatable bonds is 5. The third-order valence-corrected chi connectivity index (χ3v) is 6.75. The summed E-state index contributed by atoms with van der Waals surface area (Å²) in [5.41, 5.74) is 3.78. The van der Waals surface area contributed by atoms with Crippen molar-refractivity contribution in [2.24, 2.45) is 4.99 Å². The number of benzene rings is 2. The van der Waals surface area contributed by atoms with Crippen molar-refractivity contribution in [1.82, 2.24) is 4.57 Å². The summed E-state index contributed by atoms with van der Waals surface area (Å²) in [5, 5.41) is 0. The van der Waals surface area contributed by atoms with Gasteiger partial charge in [-0.25, -0.2) is 9.79 Å². The summed E-state index contributed by atoms with van der Waals surface area (Å²) >= 11 is 1.33. The van der Waals surface area contributed by atoms with E-state index in [0.29, 0.717) is 20.6 Å². The van der Waals surface area contributed by atoms with Crippen LogP contribution >= 0.6 is 11.3 Å². The minimum atomic E-state index is -0.611. The molecule has 0 radical (unpaired) electrons. The highest BCUT2D eigenvalue weighted by Gasteiger charge is 2.33. The first-order valence-corrected chi connectivity index (χ1v) is 12.0. The molecule has 1 aromatic heterocycles. The molecular weight excluding hydrogens is 444 g/mol. The second kappa shape index (κ2) is 9.39. The number of hydrogen-bond donors (Lipinski definition) is 0. The average molecular weight is 473 g/mol. The summed E-state index contributed by atoms with van der Waals surface area (Å²) in [4.78, 5) is 31.8. The maximum atomic E-state index is 13.6. The van der Waals surface area contributed by atoms with E-state index in [2.05, 4.69) is 44.5 Å². The van der Waals surface area contributed by atoms with Crippen molar-refractivity contribution in [3.05, 3.63) is 115 Å². The fourth-order valence-electron chi connectivity index (χ4n) is 3.98. The van der Waals surface area contributed by atoms with Crippen LogP contribution in [0.4, 0.5) is 0 Å². The van der Waals surface area contributed by atoms with Gasteiger partial charge in [-0.15, -0.1) is 0 Å². The Balaban J connectivity index is 1.86. The first-order chi connectivity index (χ1) is 16.2. The predicted molar refractivity (Wildman–Crippen MR) is 137 cm³/mol. The van der Waals surface area contributed by atoms with Crippen molar-refractivity contribution >= 4 is 23.4 Å². The van der Waals surface area contributed by atoms with Gasteiger partial charge in [-0.05, 0) is 35.1 Å². The first-order valence-electron chi connectivity index (χ1n) is 11.2. The van der Waals surface area contributed by atoms with E-state index in [1.807, 2.05) is 48.5 Å². The van der Waals surface area contributed by atoms with E-state index in [1.54, 1.807) is 11.5 Å². The molecule has 2 aromatic carbocycles. The van der Waals surface area contributed by atoms with Gasteiger partial charge in [0.25, 0.3) is 5.56 Å². The number of fused-ring (bicyclic) bond motifs is 1. The normalized spacial score (nSPS) is 16.1. The fraction of sp³-hybridized carbons (Fsp3) is 0.250. The van der Waals surface area contributed by atoms with Crippen LogP contribution in [0.2, 0.25) is 0 Å². The third-order valence-electron chi connectivity index (χ3n) is 5.76. The summed E-state index contributed by atoms with van der Waals surface area (Å²) in [6.07, 6.45) is 3.40. The van der Waals surface area contributed by atoms with Crippen LogP contribution in [0.3, 0.4) is 0 Å². The smallest absolute Gasteiger partial charge is 0.338 e. The molecule has 0 N–H and O–H groups in total. The molecule has 0 bridgehead atoms. The molecule has 1 aliphatic rings. The predicted octanol–water partition coefficient (Wildman–Crippen LogP) is 4.26. The number of carbonyl (C=O) groups is 1. The summed E-state index contributed by atoms with van der Waals surface area (Å²) < 4.78 is 7.52. The van der Waals surface area contributed by atoms with E-state index in [1.165, 1.54) is 23.0 Å². The van der Waals surface area contributed by atoms with Crippen LogP contribution in [0.15, 0.2) is 88.3 Å². The summed E-state index contributed by atoms with van der Waals surface area (Å²) in [6, 6.07) is 17.1. The largest absolute Gasteiger partial charge is 0.458 e. The highest BCUT2D eigenvalue weighted by molar-refractivity contribution is 7.07. The fourth-order valence-corrected chi connectivity index (χ4v) is 5.02. The number of nitrogens with zero attached hydrogens (tertiary/aromatic N) is 2. The summed E-state index contributed by atoms with van der Waals surface area (Å²) in [6.45, 7) is 12.0. The zero-order valence-corrected chi connectivity index (χ0v) is 20.7. The molecule has 3 aromatic rings. The van der Waals surface area contributed by atoms with Gasteiger partial charge in [0, 0.05) is 0 Å². The van der Waals surface area contributed by atoms with Crippen molar-refractivity contribution in [3.8, 4) is 0 Å². The Labute approximate surface area is 203 Å². The SMILES string of the molecule is C=CCOC(=O)C1=C(C)N=c2s/c(=C\c3ccc(C(C)(C)C)cc3)c(=O)n2C1c1ccccc1. The van der Waals surface area contributed by atoms with E-state index in [4.69, 9.17) is 4.74 Å². The van der Waals surface area contributed by atoms with Crippen LogP contribution < -0.4 is 14.9 Å². The Hall–Kier alpha value is -3.51. The van der Waals surface area contributed by atoms with Gasteiger partial charge in [-0.3, -0.25) is 9.36 Å². The zero-order valence-electron chi connectivity index (χ0n) is 19.9. The van der Waals surface area contributed by atoms with Crippen molar-refractivity contribution in [1.29, 1.82) is 0 Å². The lowest BCUT2D eigenvalue weighted by atomic mass is 9.87. The molecule has 4 rings (SSSR count). The maximum Gasteiger partial charge on any atom is 0.338 e.